The summed E-state index contributed by atoms with van der Waals surface area (Å²) >= 11 is 1.30. The van der Waals surface area contributed by atoms with Gasteiger partial charge in [-0.25, -0.2) is 9.59 Å². The number of hydrogen-bond donors (Lipinski definition) is 1. The average Bonchev–Trinajstić information content (AvgIpc) is 3.22. The Bertz CT molecular complexity index is 1230. The van der Waals surface area contributed by atoms with Crippen LogP contribution in [0.15, 0.2) is 53.4 Å². The van der Waals surface area contributed by atoms with Crippen LogP contribution in [0.4, 0.5) is 5.00 Å². The summed E-state index contributed by atoms with van der Waals surface area (Å²) in [6.45, 7) is 3.39. The first kappa shape index (κ1) is 30.0. The molecule has 1 heterocycles. The number of ketones is 1. The van der Waals surface area contributed by atoms with E-state index in [0.717, 1.165) is 35.8 Å². The molecule has 0 bridgehead atoms. The second-order valence-electron chi connectivity index (χ2n) is 7.59. The van der Waals surface area contributed by atoms with E-state index >= 15 is 0 Å². The van der Waals surface area contributed by atoms with Crippen LogP contribution in [-0.4, -0.2) is 30.9 Å². The molecular weight excluding hydrogens is 507 g/mol. The molecule has 3 rings (SSSR count). The van der Waals surface area contributed by atoms with Crippen molar-refractivity contribution in [1.29, 1.82) is 5.26 Å². The normalized spacial score (nSPS) is 13.3. The van der Waals surface area contributed by atoms with Crippen molar-refractivity contribution in [3.63, 3.8) is 0 Å². The Labute approximate surface area is 256 Å². The zero-order chi connectivity index (χ0) is 25.4. The van der Waals surface area contributed by atoms with Gasteiger partial charge in [-0.3, -0.25) is 4.79 Å². The first-order valence-electron chi connectivity index (χ1n) is 11.3. The van der Waals surface area contributed by atoms with Crippen LogP contribution in [-0.2, 0) is 27.1 Å². The maximum Gasteiger partial charge on any atom is 1.00 e. The fourth-order valence-electron chi connectivity index (χ4n) is 3.70. The van der Waals surface area contributed by atoms with E-state index in [1.807, 2.05) is 0 Å². The third-order valence-corrected chi connectivity index (χ3v) is 6.50. The molecule has 1 aromatic carbocycles. The van der Waals surface area contributed by atoms with Crippen molar-refractivity contribution in [3.8, 4) is 6.07 Å². The predicted molar refractivity (Wildman–Crippen MR) is 129 cm³/mol. The van der Waals surface area contributed by atoms with Crippen LogP contribution in [0.5, 0.6) is 0 Å². The molecule has 0 saturated carbocycles. The van der Waals surface area contributed by atoms with Crippen LogP contribution in [0, 0.1) is 11.3 Å². The summed E-state index contributed by atoms with van der Waals surface area (Å²) in [4.78, 5) is 39.0. The van der Waals surface area contributed by atoms with Gasteiger partial charge < -0.3 is 19.9 Å². The van der Waals surface area contributed by atoms with Crippen LogP contribution in [0.2, 0.25) is 0 Å². The van der Waals surface area contributed by atoms with Crippen molar-refractivity contribution in [2.24, 2.45) is 0 Å². The second kappa shape index (κ2) is 14.5. The van der Waals surface area contributed by atoms with Crippen molar-refractivity contribution < 1.29 is 80.3 Å². The number of rotatable bonds is 9. The van der Waals surface area contributed by atoms with Gasteiger partial charge in [0.1, 0.15) is 16.6 Å². The molecule has 0 fully saturated rings. The number of aryl methyl sites for hydroxylation is 1. The first-order valence-corrected chi connectivity index (χ1v) is 12.1. The Kier molecular flexibility index (Phi) is 12.0. The van der Waals surface area contributed by atoms with Crippen molar-refractivity contribution >= 4 is 34.1 Å². The summed E-state index contributed by atoms with van der Waals surface area (Å²) in [6.07, 6.45) is 4.39. The molecule has 1 aliphatic carbocycles. The van der Waals surface area contributed by atoms with Crippen LogP contribution >= 0.6 is 11.3 Å². The van der Waals surface area contributed by atoms with Crippen LogP contribution in [0.1, 0.15) is 57.8 Å². The van der Waals surface area contributed by atoms with Gasteiger partial charge in [0.05, 0.1) is 18.8 Å². The Balaban J connectivity index is 0.00000456. The molecule has 0 spiro atoms. The molecule has 1 aliphatic rings. The summed E-state index contributed by atoms with van der Waals surface area (Å²) in [5, 5.41) is 26.0. The summed E-state index contributed by atoms with van der Waals surface area (Å²) < 4.78 is 10.1. The summed E-state index contributed by atoms with van der Waals surface area (Å²) in [7, 11) is 0. The quantitative estimate of drug-likeness (QED) is 0.0950. The number of nitriles is 1. The molecule has 0 unspecified atom stereocenters. The van der Waals surface area contributed by atoms with Crippen molar-refractivity contribution in [1.82, 2.24) is 0 Å². The SMILES string of the molecule is CCOC(=O)/C(C#N)=C([O-])/C(=C/C(=O)c1ccccc1)Nc1sc2c(c1C(=O)OCC)CCCC2.[K+]. The van der Waals surface area contributed by atoms with E-state index in [4.69, 9.17) is 9.47 Å². The monoisotopic (exact) mass is 532 g/mol. The van der Waals surface area contributed by atoms with Crippen molar-refractivity contribution in [3.05, 3.63) is 75.0 Å². The summed E-state index contributed by atoms with van der Waals surface area (Å²) in [5.41, 5.74) is 0.397. The molecule has 8 nitrogen and oxygen atoms in total. The van der Waals surface area contributed by atoms with Gasteiger partial charge in [-0.2, -0.15) is 5.26 Å². The maximum atomic E-state index is 13.3. The smallest absolute Gasteiger partial charge is 0.870 e. The number of carbonyl (C=O) groups is 3. The molecular formula is C26H25KN2O6S. The Morgan fingerprint density at radius 2 is 1.78 bits per heavy atom. The molecule has 1 aromatic heterocycles. The molecule has 182 valence electrons. The average molecular weight is 533 g/mol. The standard InChI is InChI=1S/C26H26N2O6S.K/c1-3-33-25(31)18(15-27)23(30)19(14-20(29)16-10-6-5-7-11-16)28-24-22(26(32)34-4-2)17-12-8-9-13-21(17)35-24;/h5-7,10-11,14,28,30H,3-4,8-9,12-13H2,1-2H3;/q;+1/p-1/b19-14-,23-18-;. The van der Waals surface area contributed by atoms with Gasteiger partial charge in [-0.1, -0.05) is 36.1 Å². The van der Waals surface area contributed by atoms with Crippen molar-refractivity contribution in [2.45, 2.75) is 39.5 Å². The Morgan fingerprint density at radius 3 is 2.42 bits per heavy atom. The third-order valence-electron chi connectivity index (χ3n) is 5.30. The van der Waals surface area contributed by atoms with Crippen LogP contribution in [0.25, 0.3) is 0 Å². The van der Waals surface area contributed by atoms with E-state index < -0.39 is 29.1 Å². The van der Waals surface area contributed by atoms with Gasteiger partial charge in [0.2, 0.25) is 0 Å². The fourth-order valence-corrected chi connectivity index (χ4v) is 4.99. The molecule has 2 aromatic rings. The number of thiophene rings is 1. The maximum absolute atomic E-state index is 13.3. The number of ether oxygens (including phenoxy) is 2. The molecule has 0 atom stereocenters. The molecule has 0 amide bonds. The zero-order valence-corrected chi connectivity index (χ0v) is 24.5. The number of carbonyl (C=O) groups excluding carboxylic acids is 3. The van der Waals surface area contributed by atoms with Crippen molar-refractivity contribution in [2.75, 3.05) is 18.5 Å². The Morgan fingerprint density at radius 1 is 1.11 bits per heavy atom. The van der Waals surface area contributed by atoms with E-state index in [2.05, 4.69) is 5.32 Å². The fraction of sp³-hybridized carbons (Fsp3) is 0.308. The molecule has 1 N–H and O–H groups in total. The number of anilines is 1. The third kappa shape index (κ3) is 7.15. The minimum absolute atomic E-state index is 0. The number of fused-ring (bicyclic) bond motifs is 1. The van der Waals surface area contributed by atoms with E-state index in [9.17, 15) is 24.8 Å². The van der Waals surface area contributed by atoms with E-state index in [0.29, 0.717) is 22.5 Å². The molecule has 36 heavy (non-hydrogen) atoms. The number of hydrogen-bond acceptors (Lipinski definition) is 9. The number of benzene rings is 1. The molecule has 0 aliphatic heterocycles. The van der Waals surface area contributed by atoms with Gasteiger partial charge in [0.15, 0.2) is 5.78 Å². The first-order chi connectivity index (χ1) is 16.9. The number of allylic oxidation sites excluding steroid dienone is 1. The van der Waals surface area contributed by atoms with Gasteiger partial charge in [-0.05, 0) is 45.1 Å². The molecule has 0 radical (unpaired) electrons. The summed E-state index contributed by atoms with van der Waals surface area (Å²) in [6, 6.07) is 9.83. The van der Waals surface area contributed by atoms with Crippen LogP contribution in [0.3, 0.4) is 0 Å². The van der Waals surface area contributed by atoms with E-state index in [1.54, 1.807) is 50.2 Å². The predicted octanol–water partition coefficient (Wildman–Crippen LogP) is 0.687. The molecule has 0 saturated heterocycles. The van der Waals surface area contributed by atoms with Gasteiger partial charge in [0, 0.05) is 22.2 Å². The minimum Gasteiger partial charge on any atom is -0.870 e. The number of nitrogens with one attached hydrogen (secondary N) is 1. The summed E-state index contributed by atoms with van der Waals surface area (Å²) in [5.74, 6) is -3.14. The second-order valence-corrected chi connectivity index (χ2v) is 8.69. The van der Waals surface area contributed by atoms with Crippen LogP contribution < -0.4 is 61.8 Å². The largest absolute Gasteiger partial charge is 1.00 e. The zero-order valence-electron chi connectivity index (χ0n) is 20.5. The Hall–Kier alpha value is -2.26. The number of esters is 2. The van der Waals surface area contributed by atoms with Gasteiger partial charge >= 0.3 is 63.3 Å². The van der Waals surface area contributed by atoms with Gasteiger partial charge in [0.25, 0.3) is 0 Å². The minimum atomic E-state index is -1.09. The van der Waals surface area contributed by atoms with Gasteiger partial charge in [-0.15, -0.1) is 11.3 Å². The topological polar surface area (TPSA) is 129 Å². The molecule has 10 heteroatoms. The van der Waals surface area contributed by atoms with E-state index in [1.165, 1.54) is 11.3 Å². The number of nitrogens with zero attached hydrogens (tertiary/aromatic N) is 1. The van der Waals surface area contributed by atoms with E-state index in [-0.39, 0.29) is 70.3 Å².